The summed E-state index contributed by atoms with van der Waals surface area (Å²) < 4.78 is 27.1. The van der Waals surface area contributed by atoms with E-state index >= 15 is 0 Å². The van der Waals surface area contributed by atoms with Gasteiger partial charge in [0.1, 0.15) is 11.6 Å². The largest absolute Gasteiger partial charge is 0.329 e. The molecule has 2 N–H and O–H groups in total. The van der Waals surface area contributed by atoms with E-state index in [1.165, 1.54) is 12.1 Å². The molecule has 1 aliphatic rings. The minimum Gasteiger partial charge on any atom is -0.329 e. The number of halogens is 2. The highest BCUT2D eigenvalue weighted by molar-refractivity contribution is 7.99. The lowest BCUT2D eigenvalue weighted by molar-refractivity contribution is 0.213. The highest BCUT2D eigenvalue weighted by atomic mass is 32.2. The standard InChI is InChI=1S/C13H18F2N2S/c14-10-2-3-12(15)11(8-10)13(9-16)17-4-1-6-18-7-5-17/h2-3,8,13H,1,4-7,9,16H2. The van der Waals surface area contributed by atoms with Crippen LogP contribution in [0.15, 0.2) is 18.2 Å². The zero-order valence-corrected chi connectivity index (χ0v) is 11.1. The SMILES string of the molecule is NCC(c1cc(F)ccc1F)N1CCCSCC1. The Hall–Kier alpha value is -0.650. The van der Waals surface area contributed by atoms with E-state index in [1.807, 2.05) is 11.8 Å². The fourth-order valence-electron chi connectivity index (χ4n) is 2.32. The molecule has 0 aromatic heterocycles. The number of hydrogen-bond donors (Lipinski definition) is 1. The molecule has 100 valence electrons. The molecule has 0 spiro atoms. The lowest BCUT2D eigenvalue weighted by atomic mass is 10.0. The van der Waals surface area contributed by atoms with E-state index in [1.54, 1.807) is 0 Å². The van der Waals surface area contributed by atoms with Gasteiger partial charge in [-0.1, -0.05) is 0 Å². The Labute approximate surface area is 111 Å². The van der Waals surface area contributed by atoms with E-state index in [0.29, 0.717) is 12.1 Å². The average molecular weight is 272 g/mol. The van der Waals surface area contributed by atoms with Crippen LogP contribution in [0.5, 0.6) is 0 Å². The Morgan fingerprint density at radius 3 is 2.89 bits per heavy atom. The first kappa shape index (κ1) is 13.8. The van der Waals surface area contributed by atoms with Gasteiger partial charge in [-0.2, -0.15) is 11.8 Å². The summed E-state index contributed by atoms with van der Waals surface area (Å²) in [7, 11) is 0. The number of rotatable bonds is 3. The van der Waals surface area contributed by atoms with Gasteiger partial charge in [0, 0.05) is 24.4 Å². The number of hydrogen-bond acceptors (Lipinski definition) is 3. The van der Waals surface area contributed by atoms with Crippen molar-refractivity contribution in [3.63, 3.8) is 0 Å². The molecule has 18 heavy (non-hydrogen) atoms. The number of nitrogens with two attached hydrogens (primary N) is 1. The number of thioether (sulfide) groups is 1. The monoisotopic (exact) mass is 272 g/mol. The van der Waals surface area contributed by atoms with Crippen LogP contribution in [-0.4, -0.2) is 36.0 Å². The molecule has 0 bridgehead atoms. The third-order valence-electron chi connectivity index (χ3n) is 3.24. The van der Waals surface area contributed by atoms with E-state index in [-0.39, 0.29) is 11.9 Å². The molecule has 1 aromatic carbocycles. The van der Waals surface area contributed by atoms with E-state index in [0.717, 1.165) is 37.1 Å². The van der Waals surface area contributed by atoms with Crippen molar-refractivity contribution >= 4 is 11.8 Å². The van der Waals surface area contributed by atoms with Gasteiger partial charge >= 0.3 is 0 Å². The maximum atomic E-state index is 13.8. The number of benzene rings is 1. The third kappa shape index (κ3) is 3.22. The van der Waals surface area contributed by atoms with Crippen molar-refractivity contribution in [1.82, 2.24) is 4.90 Å². The summed E-state index contributed by atoms with van der Waals surface area (Å²) in [5.41, 5.74) is 6.15. The Morgan fingerprint density at radius 2 is 2.11 bits per heavy atom. The van der Waals surface area contributed by atoms with Crippen molar-refractivity contribution in [2.45, 2.75) is 12.5 Å². The summed E-state index contributed by atoms with van der Waals surface area (Å²) in [4.78, 5) is 2.16. The van der Waals surface area contributed by atoms with E-state index in [2.05, 4.69) is 4.90 Å². The Balaban J connectivity index is 2.23. The number of nitrogens with zero attached hydrogens (tertiary/aromatic N) is 1. The normalized spacial score (nSPS) is 19.5. The molecule has 0 radical (unpaired) electrons. The molecule has 2 nitrogen and oxygen atoms in total. The van der Waals surface area contributed by atoms with Gasteiger partial charge in [-0.15, -0.1) is 0 Å². The first-order valence-electron chi connectivity index (χ1n) is 6.19. The summed E-state index contributed by atoms with van der Waals surface area (Å²) in [6.07, 6.45) is 1.07. The van der Waals surface area contributed by atoms with E-state index in [9.17, 15) is 8.78 Å². The molecular weight excluding hydrogens is 254 g/mol. The molecule has 1 atom stereocenters. The fourth-order valence-corrected chi connectivity index (χ4v) is 3.22. The molecular formula is C13H18F2N2S. The summed E-state index contributed by atoms with van der Waals surface area (Å²) in [5.74, 6) is 1.37. The summed E-state index contributed by atoms with van der Waals surface area (Å²) in [6, 6.07) is 3.37. The maximum absolute atomic E-state index is 13.8. The molecule has 0 amide bonds. The third-order valence-corrected chi connectivity index (χ3v) is 4.29. The molecule has 0 aliphatic carbocycles. The molecule has 1 unspecified atom stereocenters. The van der Waals surface area contributed by atoms with Gasteiger partial charge in [0.15, 0.2) is 0 Å². The van der Waals surface area contributed by atoms with Crippen molar-refractivity contribution < 1.29 is 8.78 Å². The van der Waals surface area contributed by atoms with Crippen LogP contribution in [0, 0.1) is 11.6 Å². The summed E-state index contributed by atoms with van der Waals surface area (Å²) >= 11 is 1.90. The van der Waals surface area contributed by atoms with Gasteiger partial charge in [-0.25, -0.2) is 8.78 Å². The Morgan fingerprint density at radius 1 is 1.28 bits per heavy atom. The Kier molecular flexibility index (Phi) is 4.97. The van der Waals surface area contributed by atoms with Gasteiger partial charge in [0.2, 0.25) is 0 Å². The van der Waals surface area contributed by atoms with Crippen LogP contribution in [0.2, 0.25) is 0 Å². The van der Waals surface area contributed by atoms with Crippen LogP contribution < -0.4 is 5.73 Å². The lowest BCUT2D eigenvalue weighted by Gasteiger charge is -2.30. The molecule has 2 rings (SSSR count). The highest BCUT2D eigenvalue weighted by Crippen LogP contribution is 2.25. The quantitative estimate of drug-likeness (QED) is 0.916. The van der Waals surface area contributed by atoms with Gasteiger partial charge in [-0.3, -0.25) is 4.90 Å². The molecule has 1 heterocycles. The fraction of sp³-hybridized carbons (Fsp3) is 0.538. The zero-order chi connectivity index (χ0) is 13.0. The molecule has 1 saturated heterocycles. The lowest BCUT2D eigenvalue weighted by Crippen LogP contribution is -2.36. The van der Waals surface area contributed by atoms with Gasteiger partial charge < -0.3 is 5.73 Å². The van der Waals surface area contributed by atoms with Gasteiger partial charge in [-0.05, 0) is 36.9 Å². The van der Waals surface area contributed by atoms with Gasteiger partial charge in [0.05, 0.1) is 6.04 Å². The van der Waals surface area contributed by atoms with E-state index < -0.39 is 5.82 Å². The van der Waals surface area contributed by atoms with Crippen molar-refractivity contribution in [3.8, 4) is 0 Å². The molecule has 1 aliphatic heterocycles. The second kappa shape index (κ2) is 6.50. The molecule has 0 saturated carbocycles. The van der Waals surface area contributed by atoms with Crippen molar-refractivity contribution in [2.24, 2.45) is 5.73 Å². The van der Waals surface area contributed by atoms with Crippen molar-refractivity contribution in [2.75, 3.05) is 31.1 Å². The average Bonchev–Trinajstić information content (AvgIpc) is 2.64. The topological polar surface area (TPSA) is 29.3 Å². The molecule has 1 fully saturated rings. The predicted molar refractivity (Wildman–Crippen MR) is 71.7 cm³/mol. The summed E-state index contributed by atoms with van der Waals surface area (Å²) in [5, 5.41) is 0. The second-order valence-corrected chi connectivity index (χ2v) is 5.64. The highest BCUT2D eigenvalue weighted by Gasteiger charge is 2.23. The van der Waals surface area contributed by atoms with Gasteiger partial charge in [0.25, 0.3) is 0 Å². The minimum absolute atomic E-state index is 0.223. The second-order valence-electron chi connectivity index (χ2n) is 4.42. The van der Waals surface area contributed by atoms with Crippen LogP contribution in [0.4, 0.5) is 8.78 Å². The van der Waals surface area contributed by atoms with Crippen LogP contribution in [0.25, 0.3) is 0 Å². The first-order chi connectivity index (χ1) is 8.72. The molecule has 1 aromatic rings. The predicted octanol–water partition coefficient (Wildman–Crippen LogP) is 2.40. The van der Waals surface area contributed by atoms with Crippen LogP contribution in [0.3, 0.4) is 0 Å². The van der Waals surface area contributed by atoms with Crippen LogP contribution >= 0.6 is 11.8 Å². The first-order valence-corrected chi connectivity index (χ1v) is 7.34. The van der Waals surface area contributed by atoms with E-state index in [4.69, 9.17) is 5.73 Å². The van der Waals surface area contributed by atoms with Crippen molar-refractivity contribution in [3.05, 3.63) is 35.4 Å². The Bertz CT molecular complexity index is 393. The summed E-state index contributed by atoms with van der Waals surface area (Å²) in [6.45, 7) is 2.08. The zero-order valence-electron chi connectivity index (χ0n) is 10.2. The molecule has 5 heteroatoms. The van der Waals surface area contributed by atoms with Crippen LogP contribution in [-0.2, 0) is 0 Å². The maximum Gasteiger partial charge on any atom is 0.128 e. The minimum atomic E-state index is -0.408. The van der Waals surface area contributed by atoms with Crippen molar-refractivity contribution in [1.29, 1.82) is 0 Å². The van der Waals surface area contributed by atoms with Crippen LogP contribution in [0.1, 0.15) is 18.0 Å². The smallest absolute Gasteiger partial charge is 0.128 e.